The van der Waals surface area contributed by atoms with Gasteiger partial charge in [0.05, 0.1) is 5.92 Å². The van der Waals surface area contributed by atoms with Crippen LogP contribution in [0.4, 0.5) is 13.2 Å². The van der Waals surface area contributed by atoms with Gasteiger partial charge >= 0.3 is 6.36 Å². The summed E-state index contributed by atoms with van der Waals surface area (Å²) in [6, 6.07) is 5.76. The van der Waals surface area contributed by atoms with Gasteiger partial charge in [0.15, 0.2) is 0 Å². The standard InChI is InChI=1S/C16H21F3N2O2/c1-15(20)9-5-4-7-12(15)14(22)21-10-11-6-2-3-8-13(11)23-16(17,18)19/h2-3,6,8,12H,4-5,7,9-10,20H2,1H3,(H,21,22). The van der Waals surface area contributed by atoms with E-state index < -0.39 is 11.9 Å². The quantitative estimate of drug-likeness (QED) is 0.891. The highest BCUT2D eigenvalue weighted by molar-refractivity contribution is 5.80. The van der Waals surface area contributed by atoms with Gasteiger partial charge in [-0.15, -0.1) is 13.2 Å². The Bertz CT molecular complexity index is 559. The van der Waals surface area contributed by atoms with Crippen LogP contribution in [-0.4, -0.2) is 17.8 Å². The lowest BCUT2D eigenvalue weighted by Gasteiger charge is -2.37. The SMILES string of the molecule is CC1(N)CCCCC1C(=O)NCc1ccccc1OC(F)(F)F. The molecule has 1 fully saturated rings. The number of hydrogen-bond donors (Lipinski definition) is 2. The van der Waals surface area contributed by atoms with Gasteiger partial charge in [0, 0.05) is 17.6 Å². The van der Waals surface area contributed by atoms with E-state index >= 15 is 0 Å². The topological polar surface area (TPSA) is 64.4 Å². The number of amides is 1. The molecule has 23 heavy (non-hydrogen) atoms. The smallest absolute Gasteiger partial charge is 0.405 e. The first-order chi connectivity index (χ1) is 10.7. The first-order valence-corrected chi connectivity index (χ1v) is 7.59. The molecule has 1 saturated carbocycles. The van der Waals surface area contributed by atoms with Crippen molar-refractivity contribution in [2.45, 2.75) is 51.1 Å². The number of para-hydroxylation sites is 1. The Hall–Kier alpha value is -1.76. The van der Waals surface area contributed by atoms with E-state index in [4.69, 9.17) is 5.73 Å². The summed E-state index contributed by atoms with van der Waals surface area (Å²) >= 11 is 0. The molecule has 0 spiro atoms. The minimum Gasteiger partial charge on any atom is -0.405 e. The maximum atomic E-state index is 12.4. The van der Waals surface area contributed by atoms with Crippen LogP contribution in [0.5, 0.6) is 5.75 Å². The summed E-state index contributed by atoms with van der Waals surface area (Å²) < 4.78 is 41.1. The maximum Gasteiger partial charge on any atom is 0.573 e. The lowest BCUT2D eigenvalue weighted by Crippen LogP contribution is -2.52. The van der Waals surface area contributed by atoms with Crippen molar-refractivity contribution in [2.24, 2.45) is 11.7 Å². The molecule has 1 aromatic carbocycles. The molecule has 7 heteroatoms. The van der Waals surface area contributed by atoms with Gasteiger partial charge in [-0.1, -0.05) is 31.0 Å². The average molecular weight is 330 g/mol. The first-order valence-electron chi connectivity index (χ1n) is 7.59. The molecular weight excluding hydrogens is 309 g/mol. The molecule has 0 radical (unpaired) electrons. The van der Waals surface area contributed by atoms with E-state index in [-0.39, 0.29) is 29.7 Å². The minimum atomic E-state index is -4.76. The maximum absolute atomic E-state index is 12.4. The second kappa shape index (κ2) is 6.78. The van der Waals surface area contributed by atoms with E-state index in [9.17, 15) is 18.0 Å². The summed E-state index contributed by atoms with van der Waals surface area (Å²) in [5.41, 5.74) is 5.86. The van der Waals surface area contributed by atoms with Crippen LogP contribution >= 0.6 is 0 Å². The van der Waals surface area contributed by atoms with Crippen molar-refractivity contribution in [3.63, 3.8) is 0 Å². The minimum absolute atomic E-state index is 0.0301. The molecule has 0 aromatic heterocycles. The third-order valence-corrected chi connectivity index (χ3v) is 4.22. The fourth-order valence-electron chi connectivity index (χ4n) is 2.97. The van der Waals surface area contributed by atoms with Crippen LogP contribution in [0.25, 0.3) is 0 Å². The van der Waals surface area contributed by atoms with Gasteiger partial charge in [0.25, 0.3) is 0 Å². The summed E-state index contributed by atoms with van der Waals surface area (Å²) in [4.78, 5) is 12.3. The van der Waals surface area contributed by atoms with E-state index in [2.05, 4.69) is 10.1 Å². The molecule has 4 nitrogen and oxygen atoms in total. The van der Waals surface area contributed by atoms with Gasteiger partial charge in [-0.3, -0.25) is 4.79 Å². The Morgan fingerprint density at radius 3 is 2.74 bits per heavy atom. The lowest BCUT2D eigenvalue weighted by atomic mass is 9.74. The highest BCUT2D eigenvalue weighted by atomic mass is 19.4. The summed E-state index contributed by atoms with van der Waals surface area (Å²) in [7, 11) is 0. The third-order valence-electron chi connectivity index (χ3n) is 4.22. The van der Waals surface area contributed by atoms with Crippen molar-refractivity contribution in [3.8, 4) is 5.75 Å². The Balaban J connectivity index is 2.02. The Kier molecular flexibility index (Phi) is 5.19. The number of carbonyl (C=O) groups excluding carboxylic acids is 1. The molecule has 0 aliphatic heterocycles. The highest BCUT2D eigenvalue weighted by Gasteiger charge is 2.37. The van der Waals surface area contributed by atoms with Crippen LogP contribution in [0.1, 0.15) is 38.2 Å². The zero-order valence-corrected chi connectivity index (χ0v) is 13.0. The summed E-state index contributed by atoms with van der Waals surface area (Å²) in [6.45, 7) is 1.81. The van der Waals surface area contributed by atoms with Crippen LogP contribution in [0.3, 0.4) is 0 Å². The van der Waals surface area contributed by atoms with Gasteiger partial charge in [-0.05, 0) is 25.8 Å². The van der Waals surface area contributed by atoms with E-state index in [0.717, 1.165) is 19.3 Å². The second-order valence-corrected chi connectivity index (χ2v) is 6.18. The van der Waals surface area contributed by atoms with Crippen LogP contribution in [0.2, 0.25) is 0 Å². The van der Waals surface area contributed by atoms with Crippen LogP contribution in [0.15, 0.2) is 24.3 Å². The normalized spacial score (nSPS) is 25.0. The number of rotatable bonds is 4. The Morgan fingerprint density at radius 1 is 1.39 bits per heavy atom. The summed E-state index contributed by atoms with van der Waals surface area (Å²) in [5, 5.41) is 2.68. The van der Waals surface area contributed by atoms with Crippen LogP contribution in [0, 0.1) is 5.92 Å². The number of halogens is 3. The highest BCUT2D eigenvalue weighted by Crippen LogP contribution is 2.32. The van der Waals surface area contributed by atoms with Crippen molar-refractivity contribution in [3.05, 3.63) is 29.8 Å². The van der Waals surface area contributed by atoms with Gasteiger partial charge in [-0.2, -0.15) is 0 Å². The molecule has 0 heterocycles. The first kappa shape index (κ1) is 17.6. The zero-order chi connectivity index (χ0) is 17.1. The van der Waals surface area contributed by atoms with E-state index in [1.807, 2.05) is 6.92 Å². The van der Waals surface area contributed by atoms with Crippen LogP contribution in [-0.2, 0) is 11.3 Å². The molecule has 0 bridgehead atoms. The lowest BCUT2D eigenvalue weighted by molar-refractivity contribution is -0.274. The third kappa shape index (κ3) is 4.86. The van der Waals surface area contributed by atoms with E-state index in [1.54, 1.807) is 6.07 Å². The van der Waals surface area contributed by atoms with Crippen molar-refractivity contribution >= 4 is 5.91 Å². The molecule has 2 unspecified atom stereocenters. The monoisotopic (exact) mass is 330 g/mol. The fraction of sp³-hybridized carbons (Fsp3) is 0.562. The molecule has 2 atom stereocenters. The fourth-order valence-corrected chi connectivity index (χ4v) is 2.97. The van der Waals surface area contributed by atoms with Crippen molar-refractivity contribution < 1.29 is 22.7 Å². The molecule has 0 saturated heterocycles. The molecule has 128 valence electrons. The Labute approximate surface area is 133 Å². The number of ether oxygens (including phenoxy) is 1. The molecule has 1 aromatic rings. The van der Waals surface area contributed by atoms with Crippen LogP contribution < -0.4 is 15.8 Å². The van der Waals surface area contributed by atoms with Gasteiger partial charge in [0.1, 0.15) is 5.75 Å². The molecule has 2 rings (SSSR count). The number of nitrogens with one attached hydrogen (secondary N) is 1. The molecular formula is C16H21F3N2O2. The number of alkyl halides is 3. The molecule has 1 amide bonds. The predicted octanol–water partition coefficient (Wildman–Crippen LogP) is 3.11. The second-order valence-electron chi connectivity index (χ2n) is 6.18. The van der Waals surface area contributed by atoms with Gasteiger partial charge in [-0.25, -0.2) is 0 Å². The number of hydrogen-bond acceptors (Lipinski definition) is 3. The summed E-state index contributed by atoms with van der Waals surface area (Å²) in [6.07, 6.45) is -1.39. The predicted molar refractivity (Wildman–Crippen MR) is 79.5 cm³/mol. The van der Waals surface area contributed by atoms with E-state index in [0.29, 0.717) is 6.42 Å². The van der Waals surface area contributed by atoms with Gasteiger partial charge in [0.2, 0.25) is 5.91 Å². The van der Waals surface area contributed by atoms with Crippen molar-refractivity contribution in [1.82, 2.24) is 5.32 Å². The molecule has 1 aliphatic rings. The van der Waals surface area contributed by atoms with Gasteiger partial charge < -0.3 is 15.8 Å². The largest absolute Gasteiger partial charge is 0.573 e. The van der Waals surface area contributed by atoms with Crippen molar-refractivity contribution in [1.29, 1.82) is 0 Å². The van der Waals surface area contributed by atoms with E-state index in [1.165, 1.54) is 18.2 Å². The molecule has 3 N–H and O–H groups in total. The number of benzene rings is 1. The Morgan fingerprint density at radius 2 is 2.09 bits per heavy atom. The van der Waals surface area contributed by atoms with Crippen molar-refractivity contribution in [2.75, 3.05) is 0 Å². The zero-order valence-electron chi connectivity index (χ0n) is 13.0. The number of nitrogens with two attached hydrogens (primary N) is 1. The number of carbonyl (C=O) groups is 1. The summed E-state index contributed by atoms with van der Waals surface area (Å²) in [5.74, 6) is -0.858. The molecule has 1 aliphatic carbocycles. The average Bonchev–Trinajstić information content (AvgIpc) is 2.44.